The molecule has 4 rings (SSSR count). The maximum Gasteiger partial charge on any atom is 0.258 e. The highest BCUT2D eigenvalue weighted by atomic mass is 16.5. The lowest BCUT2D eigenvalue weighted by Crippen LogP contribution is -2.55. The van der Waals surface area contributed by atoms with Crippen LogP contribution in [0.3, 0.4) is 0 Å². The van der Waals surface area contributed by atoms with Crippen LogP contribution in [0.15, 0.2) is 71.3 Å². The molecular weight excluding hydrogens is 364 g/mol. The molecule has 2 unspecified atom stereocenters. The van der Waals surface area contributed by atoms with Crippen molar-refractivity contribution in [3.8, 4) is 5.75 Å². The van der Waals surface area contributed by atoms with E-state index in [2.05, 4.69) is 19.2 Å². The molecule has 3 aromatic rings. The zero-order chi connectivity index (χ0) is 20.4. The number of amides is 1. The number of carbonyl (C=O) groups is 1. The number of furan rings is 1. The minimum atomic E-state index is -0.757. The third-order valence-corrected chi connectivity index (χ3v) is 5.52. The molecule has 0 bridgehead atoms. The molecule has 0 radical (unpaired) electrons. The summed E-state index contributed by atoms with van der Waals surface area (Å²) in [4.78, 5) is 15.3. The Hall–Kier alpha value is -3.21. The van der Waals surface area contributed by atoms with Gasteiger partial charge in [0.1, 0.15) is 17.2 Å². The van der Waals surface area contributed by atoms with Gasteiger partial charge in [-0.1, -0.05) is 31.2 Å². The van der Waals surface area contributed by atoms with Crippen LogP contribution in [-0.4, -0.2) is 16.9 Å². The summed E-state index contributed by atoms with van der Waals surface area (Å²) in [6.07, 6.45) is 2.68. The largest absolute Gasteiger partial charge is 0.491 e. The summed E-state index contributed by atoms with van der Waals surface area (Å²) in [5.41, 5.74) is 1.67. The summed E-state index contributed by atoms with van der Waals surface area (Å²) in [5.74, 6) is 1.49. The lowest BCUT2D eigenvalue weighted by atomic mass is 9.93. The van der Waals surface area contributed by atoms with Crippen LogP contribution in [0.2, 0.25) is 0 Å². The second-order valence-electron chi connectivity index (χ2n) is 7.58. The first-order valence-electron chi connectivity index (χ1n) is 10.00. The molecule has 1 aliphatic rings. The Kier molecular flexibility index (Phi) is 5.05. The van der Waals surface area contributed by atoms with Crippen molar-refractivity contribution < 1.29 is 13.9 Å². The van der Waals surface area contributed by atoms with Crippen molar-refractivity contribution >= 4 is 11.6 Å². The van der Waals surface area contributed by atoms with Gasteiger partial charge >= 0.3 is 0 Å². The zero-order valence-corrected chi connectivity index (χ0v) is 17.0. The van der Waals surface area contributed by atoms with Gasteiger partial charge in [0.05, 0.1) is 24.5 Å². The zero-order valence-electron chi connectivity index (χ0n) is 17.0. The Morgan fingerprint density at radius 2 is 1.97 bits per heavy atom. The normalized spacial score (nSPS) is 19.4. The van der Waals surface area contributed by atoms with E-state index in [0.717, 1.165) is 29.2 Å². The summed E-state index contributed by atoms with van der Waals surface area (Å²) in [5, 5.41) is 3.58. The highest BCUT2D eigenvalue weighted by Gasteiger charge is 2.43. The van der Waals surface area contributed by atoms with Gasteiger partial charge in [-0.15, -0.1) is 0 Å². The van der Waals surface area contributed by atoms with E-state index in [1.54, 1.807) is 6.26 Å². The molecule has 1 N–H and O–H groups in total. The number of fused-ring (bicyclic) bond motifs is 1. The molecule has 2 aromatic carbocycles. The number of nitrogens with one attached hydrogen (secondary N) is 1. The van der Waals surface area contributed by atoms with Gasteiger partial charge in [-0.3, -0.25) is 4.79 Å². The van der Waals surface area contributed by atoms with E-state index >= 15 is 0 Å². The molecule has 0 saturated carbocycles. The third kappa shape index (κ3) is 3.60. The molecule has 1 amide bonds. The van der Waals surface area contributed by atoms with Crippen LogP contribution in [0.1, 0.15) is 48.9 Å². The maximum absolute atomic E-state index is 13.5. The number of hydrogen-bond donors (Lipinski definition) is 1. The van der Waals surface area contributed by atoms with E-state index < -0.39 is 5.66 Å². The topological polar surface area (TPSA) is 54.7 Å². The van der Waals surface area contributed by atoms with Crippen molar-refractivity contribution in [3.05, 3.63) is 83.8 Å². The number of ether oxygens (including phenoxy) is 1. The van der Waals surface area contributed by atoms with Crippen LogP contribution in [0, 0.1) is 0 Å². The van der Waals surface area contributed by atoms with Crippen LogP contribution < -0.4 is 10.1 Å². The molecule has 0 spiro atoms. The summed E-state index contributed by atoms with van der Waals surface area (Å²) in [6.45, 7) is 6.53. The third-order valence-electron chi connectivity index (χ3n) is 5.52. The molecule has 2 heterocycles. The molecule has 1 aromatic heterocycles. The second-order valence-corrected chi connectivity index (χ2v) is 7.58. The molecule has 29 heavy (non-hydrogen) atoms. The Labute approximate surface area is 171 Å². The van der Waals surface area contributed by atoms with Crippen LogP contribution in [0.5, 0.6) is 5.75 Å². The summed E-state index contributed by atoms with van der Waals surface area (Å²) in [7, 11) is 0. The van der Waals surface area contributed by atoms with Gasteiger partial charge in [0.25, 0.3) is 5.91 Å². The van der Waals surface area contributed by atoms with Crippen molar-refractivity contribution in [2.45, 2.75) is 45.5 Å². The van der Waals surface area contributed by atoms with Crippen molar-refractivity contribution in [1.29, 1.82) is 0 Å². The predicted molar refractivity (Wildman–Crippen MR) is 113 cm³/mol. The Morgan fingerprint density at radius 1 is 1.14 bits per heavy atom. The quantitative estimate of drug-likeness (QED) is 0.612. The van der Waals surface area contributed by atoms with Crippen LogP contribution in [0.4, 0.5) is 5.69 Å². The van der Waals surface area contributed by atoms with Crippen LogP contribution in [0.25, 0.3) is 0 Å². The molecule has 1 aliphatic heterocycles. The number of benzene rings is 2. The molecule has 0 fully saturated rings. The fraction of sp³-hybridized carbons (Fsp3) is 0.292. The molecular formula is C24H26N2O3. The van der Waals surface area contributed by atoms with Gasteiger partial charge in [0, 0.05) is 11.3 Å². The fourth-order valence-electron chi connectivity index (χ4n) is 3.66. The number of para-hydroxylation sites is 1. The molecule has 2 atom stereocenters. The first-order valence-corrected chi connectivity index (χ1v) is 10.00. The van der Waals surface area contributed by atoms with E-state index in [1.165, 1.54) is 0 Å². The monoisotopic (exact) mass is 390 g/mol. The van der Waals surface area contributed by atoms with Crippen molar-refractivity contribution in [2.75, 3.05) is 5.32 Å². The Bertz CT molecular complexity index is 999. The fourth-order valence-corrected chi connectivity index (χ4v) is 3.66. The first kappa shape index (κ1) is 19.1. The standard InChI is InChI=1S/C24H26N2O3/c1-4-17(2)29-19-10-7-9-18(15-19)24(3)25-22-13-6-5-12-21(22)23(27)26(24)16-20-11-8-14-28-20/h5-15,17,25H,4,16H2,1-3H3. The predicted octanol–water partition coefficient (Wildman–Crippen LogP) is 5.40. The molecule has 150 valence electrons. The number of carbonyl (C=O) groups excluding carboxylic acids is 1. The van der Waals surface area contributed by atoms with Gasteiger partial charge in [-0.25, -0.2) is 0 Å². The minimum absolute atomic E-state index is 0.0357. The van der Waals surface area contributed by atoms with Gasteiger partial charge in [-0.2, -0.15) is 0 Å². The van der Waals surface area contributed by atoms with Crippen molar-refractivity contribution in [3.63, 3.8) is 0 Å². The van der Waals surface area contributed by atoms with E-state index in [1.807, 2.05) is 72.5 Å². The molecule has 0 saturated heterocycles. The SMILES string of the molecule is CCC(C)Oc1cccc(C2(C)Nc3ccccc3C(=O)N2Cc2ccco2)c1. The summed E-state index contributed by atoms with van der Waals surface area (Å²) >= 11 is 0. The van der Waals surface area contributed by atoms with Crippen LogP contribution in [-0.2, 0) is 12.2 Å². The summed E-state index contributed by atoms with van der Waals surface area (Å²) in [6, 6.07) is 19.3. The Balaban J connectivity index is 1.77. The average molecular weight is 390 g/mol. The lowest BCUT2D eigenvalue weighted by molar-refractivity contribution is 0.0486. The van der Waals surface area contributed by atoms with E-state index in [-0.39, 0.29) is 12.0 Å². The average Bonchev–Trinajstić information content (AvgIpc) is 3.24. The highest BCUT2D eigenvalue weighted by molar-refractivity contribution is 6.02. The molecule has 5 heteroatoms. The van der Waals surface area contributed by atoms with E-state index in [0.29, 0.717) is 12.1 Å². The number of rotatable bonds is 6. The molecule has 5 nitrogen and oxygen atoms in total. The molecule has 0 aliphatic carbocycles. The smallest absolute Gasteiger partial charge is 0.258 e. The second kappa shape index (κ2) is 7.66. The van der Waals surface area contributed by atoms with E-state index in [9.17, 15) is 4.79 Å². The van der Waals surface area contributed by atoms with Gasteiger partial charge in [-0.05, 0) is 56.7 Å². The number of hydrogen-bond acceptors (Lipinski definition) is 4. The van der Waals surface area contributed by atoms with Gasteiger partial charge in [0.2, 0.25) is 0 Å². The minimum Gasteiger partial charge on any atom is -0.491 e. The van der Waals surface area contributed by atoms with E-state index in [4.69, 9.17) is 9.15 Å². The maximum atomic E-state index is 13.5. The van der Waals surface area contributed by atoms with Crippen molar-refractivity contribution in [1.82, 2.24) is 4.90 Å². The number of anilines is 1. The first-order chi connectivity index (χ1) is 14.0. The van der Waals surface area contributed by atoms with Gasteiger partial charge < -0.3 is 19.4 Å². The number of nitrogens with zero attached hydrogens (tertiary/aromatic N) is 1. The lowest BCUT2D eigenvalue weighted by Gasteiger charge is -2.46. The van der Waals surface area contributed by atoms with Crippen LogP contribution >= 0.6 is 0 Å². The van der Waals surface area contributed by atoms with Crippen molar-refractivity contribution in [2.24, 2.45) is 0 Å². The van der Waals surface area contributed by atoms with Gasteiger partial charge in [0.15, 0.2) is 0 Å². The highest BCUT2D eigenvalue weighted by Crippen LogP contribution is 2.39. The summed E-state index contributed by atoms with van der Waals surface area (Å²) < 4.78 is 11.6. The Morgan fingerprint density at radius 3 is 2.72 bits per heavy atom.